The number of nitriles is 1. The van der Waals surface area contributed by atoms with Gasteiger partial charge in [-0.2, -0.15) is 5.26 Å². The minimum Gasteiger partial charge on any atom is -0.325 e. The summed E-state index contributed by atoms with van der Waals surface area (Å²) < 4.78 is 0. The van der Waals surface area contributed by atoms with Gasteiger partial charge < -0.3 is 5.32 Å². The van der Waals surface area contributed by atoms with Gasteiger partial charge >= 0.3 is 0 Å². The monoisotopic (exact) mass is 319 g/mol. The molecule has 0 fully saturated rings. The smallest absolute Gasteiger partial charge is 0.241 e. The van der Waals surface area contributed by atoms with Crippen LogP contribution in [-0.4, -0.2) is 23.4 Å². The summed E-state index contributed by atoms with van der Waals surface area (Å²) in [5, 5.41) is 11.7. The lowest BCUT2D eigenvalue weighted by atomic mass is 9.99. The molecule has 4 nitrogen and oxygen atoms in total. The van der Waals surface area contributed by atoms with Gasteiger partial charge in [0.2, 0.25) is 5.91 Å². The fraction of sp³-hybridized carbons (Fsp3) is 0.300. The summed E-state index contributed by atoms with van der Waals surface area (Å²) in [6.07, 6.45) is 1.37. The lowest BCUT2D eigenvalue weighted by molar-refractivity contribution is -0.121. The first kappa shape index (κ1) is 16.2. The largest absolute Gasteiger partial charge is 0.325 e. The Morgan fingerprint density at radius 3 is 2.62 bits per heavy atom. The molecule has 2 aromatic rings. The van der Waals surface area contributed by atoms with E-state index in [1.54, 1.807) is 0 Å². The Morgan fingerprint density at radius 1 is 1.21 bits per heavy atom. The lowest BCUT2D eigenvalue weighted by Crippen LogP contribution is -2.44. The van der Waals surface area contributed by atoms with Gasteiger partial charge in [-0.25, -0.2) is 0 Å². The average molecular weight is 319 g/mol. The summed E-state index contributed by atoms with van der Waals surface area (Å²) >= 11 is 0. The zero-order valence-electron chi connectivity index (χ0n) is 13.8. The van der Waals surface area contributed by atoms with Crippen molar-refractivity contribution in [3.05, 3.63) is 65.2 Å². The first-order valence-electron chi connectivity index (χ1n) is 8.25. The molecule has 1 aliphatic heterocycles. The van der Waals surface area contributed by atoms with Crippen molar-refractivity contribution in [2.24, 2.45) is 0 Å². The maximum absolute atomic E-state index is 12.5. The highest BCUT2D eigenvalue weighted by Gasteiger charge is 2.25. The number of anilines is 1. The normalized spacial score (nSPS) is 15.2. The van der Waals surface area contributed by atoms with Crippen molar-refractivity contribution in [3.63, 3.8) is 0 Å². The highest BCUT2D eigenvalue weighted by molar-refractivity contribution is 5.94. The van der Waals surface area contributed by atoms with Crippen LogP contribution < -0.4 is 5.32 Å². The molecule has 1 atom stereocenters. The third-order valence-electron chi connectivity index (χ3n) is 4.59. The molecule has 0 spiro atoms. The lowest BCUT2D eigenvalue weighted by Gasteiger charge is -2.32. The SMILES string of the molecule is C[C@H](C(=O)Nc1ccc(CC#N)cc1)N1CCc2ccccc2C1. The fourth-order valence-corrected chi connectivity index (χ4v) is 3.06. The predicted molar refractivity (Wildman–Crippen MR) is 94.4 cm³/mol. The number of carbonyl (C=O) groups is 1. The summed E-state index contributed by atoms with van der Waals surface area (Å²) in [5.41, 5.74) is 4.42. The number of hydrogen-bond donors (Lipinski definition) is 1. The molecule has 0 aliphatic carbocycles. The van der Waals surface area contributed by atoms with Gasteiger partial charge in [0.15, 0.2) is 0 Å². The van der Waals surface area contributed by atoms with Crippen LogP contribution >= 0.6 is 0 Å². The van der Waals surface area contributed by atoms with Crippen molar-refractivity contribution in [1.29, 1.82) is 5.26 Å². The molecule has 0 bridgehead atoms. The number of amides is 1. The van der Waals surface area contributed by atoms with Crippen LogP contribution in [0.1, 0.15) is 23.6 Å². The van der Waals surface area contributed by atoms with Gasteiger partial charge in [0, 0.05) is 18.8 Å². The molecule has 122 valence electrons. The van der Waals surface area contributed by atoms with E-state index in [2.05, 4.69) is 40.6 Å². The van der Waals surface area contributed by atoms with Crippen LogP contribution in [-0.2, 0) is 24.2 Å². The van der Waals surface area contributed by atoms with E-state index in [1.165, 1.54) is 11.1 Å². The second-order valence-electron chi connectivity index (χ2n) is 6.19. The summed E-state index contributed by atoms with van der Waals surface area (Å²) in [5.74, 6) is 0.00224. The molecule has 4 heteroatoms. The topological polar surface area (TPSA) is 56.1 Å². The van der Waals surface area contributed by atoms with Gasteiger partial charge in [0.25, 0.3) is 0 Å². The van der Waals surface area contributed by atoms with E-state index in [-0.39, 0.29) is 11.9 Å². The van der Waals surface area contributed by atoms with E-state index in [0.29, 0.717) is 6.42 Å². The number of fused-ring (bicyclic) bond motifs is 1. The Morgan fingerprint density at radius 2 is 1.92 bits per heavy atom. The molecule has 0 aromatic heterocycles. The number of benzene rings is 2. The number of nitrogens with one attached hydrogen (secondary N) is 1. The van der Waals surface area contributed by atoms with Crippen molar-refractivity contribution < 1.29 is 4.79 Å². The maximum Gasteiger partial charge on any atom is 0.241 e. The zero-order chi connectivity index (χ0) is 16.9. The van der Waals surface area contributed by atoms with Crippen molar-refractivity contribution >= 4 is 11.6 Å². The van der Waals surface area contributed by atoms with Crippen LogP contribution in [0.5, 0.6) is 0 Å². The summed E-state index contributed by atoms with van der Waals surface area (Å²) in [7, 11) is 0. The highest BCUT2D eigenvalue weighted by Crippen LogP contribution is 2.21. The van der Waals surface area contributed by atoms with Gasteiger partial charge in [0.1, 0.15) is 0 Å². The molecule has 1 aliphatic rings. The second kappa shape index (κ2) is 7.29. The highest BCUT2D eigenvalue weighted by atomic mass is 16.2. The van der Waals surface area contributed by atoms with Crippen LogP contribution in [0, 0.1) is 11.3 Å². The molecule has 0 saturated carbocycles. The molecule has 1 heterocycles. The average Bonchev–Trinajstić information content (AvgIpc) is 2.62. The standard InChI is InChI=1S/C20H21N3O/c1-15(23-13-11-17-4-2-3-5-18(17)14-23)20(24)22-19-8-6-16(7-9-19)10-12-21/h2-9,15H,10-11,13-14H2,1H3,(H,22,24)/t15-/m1/s1. The van der Waals surface area contributed by atoms with Crippen LogP contribution in [0.3, 0.4) is 0 Å². The number of rotatable bonds is 4. The quantitative estimate of drug-likeness (QED) is 0.942. The van der Waals surface area contributed by atoms with Crippen LogP contribution in [0.25, 0.3) is 0 Å². The number of nitrogens with zero attached hydrogens (tertiary/aromatic N) is 2. The summed E-state index contributed by atoms with van der Waals surface area (Å²) in [6, 6.07) is 17.8. The van der Waals surface area contributed by atoms with Gasteiger partial charge in [0.05, 0.1) is 18.5 Å². The van der Waals surface area contributed by atoms with Crippen molar-refractivity contribution in [2.75, 3.05) is 11.9 Å². The molecule has 3 rings (SSSR count). The first-order chi connectivity index (χ1) is 11.7. The second-order valence-corrected chi connectivity index (χ2v) is 6.19. The molecule has 1 amide bonds. The number of hydrogen-bond acceptors (Lipinski definition) is 3. The van der Waals surface area contributed by atoms with E-state index in [1.807, 2.05) is 31.2 Å². The summed E-state index contributed by atoms with van der Waals surface area (Å²) in [4.78, 5) is 14.7. The van der Waals surface area contributed by atoms with Crippen LogP contribution in [0.2, 0.25) is 0 Å². The molecular formula is C20H21N3O. The predicted octanol–water partition coefficient (Wildman–Crippen LogP) is 3.14. The maximum atomic E-state index is 12.5. The van der Waals surface area contributed by atoms with Crippen LogP contribution in [0.15, 0.2) is 48.5 Å². The molecule has 0 saturated heterocycles. The van der Waals surface area contributed by atoms with Crippen LogP contribution in [0.4, 0.5) is 5.69 Å². The third-order valence-corrected chi connectivity index (χ3v) is 4.59. The molecule has 2 aromatic carbocycles. The van der Waals surface area contributed by atoms with Gasteiger partial charge in [-0.15, -0.1) is 0 Å². The first-order valence-corrected chi connectivity index (χ1v) is 8.25. The van der Waals surface area contributed by atoms with Crippen molar-refractivity contribution in [3.8, 4) is 6.07 Å². The van der Waals surface area contributed by atoms with E-state index >= 15 is 0 Å². The van der Waals surface area contributed by atoms with E-state index in [9.17, 15) is 4.79 Å². The van der Waals surface area contributed by atoms with Crippen molar-refractivity contribution in [1.82, 2.24) is 4.90 Å². The minimum absolute atomic E-state index is 0.00224. The van der Waals surface area contributed by atoms with E-state index in [4.69, 9.17) is 5.26 Å². The Kier molecular flexibility index (Phi) is 4.93. The van der Waals surface area contributed by atoms with Gasteiger partial charge in [-0.3, -0.25) is 9.69 Å². The fourth-order valence-electron chi connectivity index (χ4n) is 3.06. The Labute approximate surface area is 142 Å². The van der Waals surface area contributed by atoms with E-state index < -0.39 is 0 Å². The van der Waals surface area contributed by atoms with Gasteiger partial charge in [-0.05, 0) is 42.2 Å². The Balaban J connectivity index is 1.62. The Hall–Kier alpha value is -2.64. The number of carbonyl (C=O) groups excluding carboxylic acids is 1. The minimum atomic E-state index is -0.183. The summed E-state index contributed by atoms with van der Waals surface area (Å²) in [6.45, 7) is 3.66. The molecule has 0 unspecified atom stereocenters. The molecule has 24 heavy (non-hydrogen) atoms. The van der Waals surface area contributed by atoms with Crippen molar-refractivity contribution in [2.45, 2.75) is 32.4 Å². The third kappa shape index (κ3) is 3.64. The van der Waals surface area contributed by atoms with E-state index in [0.717, 1.165) is 30.8 Å². The van der Waals surface area contributed by atoms with Gasteiger partial charge in [-0.1, -0.05) is 36.4 Å². The molecule has 1 N–H and O–H groups in total. The Bertz CT molecular complexity index is 761. The molecular weight excluding hydrogens is 298 g/mol. The molecule has 0 radical (unpaired) electrons. The zero-order valence-corrected chi connectivity index (χ0v) is 13.8.